The third-order valence-corrected chi connectivity index (χ3v) is 6.48. The molecule has 0 unspecified atom stereocenters. The summed E-state index contributed by atoms with van der Waals surface area (Å²) in [5.74, 6) is -1.06. The van der Waals surface area contributed by atoms with Crippen molar-refractivity contribution in [2.24, 2.45) is 0 Å². The molecule has 3 aromatic carbocycles. The summed E-state index contributed by atoms with van der Waals surface area (Å²) in [5.41, 5.74) is 1.95. The van der Waals surface area contributed by atoms with E-state index in [9.17, 15) is 14.0 Å². The number of halogens is 2. The van der Waals surface area contributed by atoms with Gasteiger partial charge in [-0.2, -0.15) is 0 Å². The molecule has 0 aliphatic heterocycles. The Labute approximate surface area is 198 Å². The molecular weight excluding hydrogens is 465 g/mol. The average molecular weight is 484 g/mol. The van der Waals surface area contributed by atoms with E-state index in [0.717, 1.165) is 15.6 Å². The number of hydrogen-bond acceptors (Lipinski definition) is 4. The van der Waals surface area contributed by atoms with Crippen LogP contribution in [0, 0.1) is 12.7 Å². The Morgan fingerprint density at radius 3 is 2.64 bits per heavy atom. The highest BCUT2D eigenvalue weighted by Crippen LogP contribution is 2.32. The van der Waals surface area contributed by atoms with Crippen molar-refractivity contribution in [3.05, 3.63) is 93.1 Å². The van der Waals surface area contributed by atoms with Crippen LogP contribution in [-0.2, 0) is 17.8 Å². The molecule has 0 spiro atoms. The van der Waals surface area contributed by atoms with Crippen molar-refractivity contribution in [3.63, 3.8) is 0 Å². The lowest BCUT2D eigenvalue weighted by Crippen LogP contribution is -2.22. The number of ether oxygens (including phenoxy) is 1. The fraction of sp³-hybridized carbons (Fsp3) is 0.120. The monoisotopic (exact) mass is 483 g/mol. The molecule has 1 heterocycles. The van der Waals surface area contributed by atoms with Crippen LogP contribution in [-0.4, -0.2) is 17.0 Å². The van der Waals surface area contributed by atoms with Gasteiger partial charge >= 0.3 is 5.97 Å². The maximum Gasteiger partial charge on any atom is 0.307 e. The van der Waals surface area contributed by atoms with E-state index in [1.807, 2.05) is 19.1 Å². The zero-order valence-electron chi connectivity index (χ0n) is 17.5. The second kappa shape index (κ2) is 9.60. The molecule has 0 aliphatic rings. The molecule has 1 amide bonds. The Morgan fingerprint density at radius 1 is 1.06 bits per heavy atom. The van der Waals surface area contributed by atoms with Crippen LogP contribution in [0.1, 0.15) is 26.4 Å². The molecule has 0 atom stereocenters. The number of nitrogens with one attached hydrogen (secondary N) is 1. The van der Waals surface area contributed by atoms with Gasteiger partial charge in [0, 0.05) is 22.3 Å². The number of benzene rings is 3. The molecule has 5 nitrogen and oxygen atoms in total. The lowest BCUT2D eigenvalue weighted by Gasteiger charge is -2.10. The van der Waals surface area contributed by atoms with Gasteiger partial charge in [-0.3, -0.25) is 9.59 Å². The number of rotatable bonds is 7. The normalized spacial score (nSPS) is 10.9. The topological polar surface area (TPSA) is 75.6 Å². The van der Waals surface area contributed by atoms with E-state index in [-0.39, 0.29) is 24.6 Å². The summed E-state index contributed by atoms with van der Waals surface area (Å²) < 4.78 is 20.9. The Hall–Kier alpha value is -3.42. The smallest absolute Gasteiger partial charge is 0.307 e. The highest BCUT2D eigenvalue weighted by atomic mass is 35.5. The highest BCUT2D eigenvalue weighted by Gasteiger charge is 2.16. The third-order valence-electron chi connectivity index (χ3n) is 4.98. The molecule has 4 aromatic rings. The molecule has 0 fully saturated rings. The standard InChI is InChI=1S/C25H19ClFNO4S/c1-14-21-11-17(26)5-6-22(21)33-24(14)25(31)28-13-16-7-18(27)12-20(9-16)32-19-4-2-3-15(8-19)10-23(29)30/h2-9,11-12H,10,13H2,1H3,(H,28,31)(H,29,30). The maximum absolute atomic E-state index is 14.2. The van der Waals surface area contributed by atoms with Gasteiger partial charge < -0.3 is 15.2 Å². The average Bonchev–Trinajstić information content (AvgIpc) is 3.07. The molecule has 0 aliphatic carbocycles. The molecule has 2 N–H and O–H groups in total. The minimum atomic E-state index is -0.951. The number of carboxylic acid groups (broad SMARTS) is 1. The van der Waals surface area contributed by atoms with Crippen LogP contribution in [0.4, 0.5) is 4.39 Å². The van der Waals surface area contributed by atoms with Crippen molar-refractivity contribution in [1.82, 2.24) is 5.32 Å². The second-order valence-corrected chi connectivity index (χ2v) is 8.98. The van der Waals surface area contributed by atoms with Crippen LogP contribution >= 0.6 is 22.9 Å². The summed E-state index contributed by atoms with van der Waals surface area (Å²) in [7, 11) is 0. The first-order chi connectivity index (χ1) is 15.8. The van der Waals surface area contributed by atoms with E-state index in [1.165, 1.54) is 23.5 Å². The zero-order valence-corrected chi connectivity index (χ0v) is 19.1. The minimum absolute atomic E-state index is 0.112. The number of amides is 1. The first kappa shape index (κ1) is 22.8. The first-order valence-corrected chi connectivity index (χ1v) is 11.2. The van der Waals surface area contributed by atoms with Gasteiger partial charge in [-0.05, 0) is 71.5 Å². The summed E-state index contributed by atoms with van der Waals surface area (Å²) in [6, 6.07) is 16.3. The Kier molecular flexibility index (Phi) is 6.62. The van der Waals surface area contributed by atoms with Crippen LogP contribution in [0.2, 0.25) is 5.02 Å². The van der Waals surface area contributed by atoms with E-state index in [1.54, 1.807) is 36.4 Å². The fourth-order valence-corrected chi connectivity index (χ4v) is 4.76. The van der Waals surface area contributed by atoms with Gasteiger partial charge in [0.25, 0.3) is 5.91 Å². The molecular formula is C25H19ClFNO4S. The first-order valence-electron chi connectivity index (χ1n) is 10.0. The van der Waals surface area contributed by atoms with E-state index in [2.05, 4.69) is 5.32 Å². The van der Waals surface area contributed by atoms with Crippen molar-refractivity contribution in [2.75, 3.05) is 0 Å². The van der Waals surface area contributed by atoms with E-state index >= 15 is 0 Å². The predicted octanol–water partition coefficient (Wildman–Crippen LogP) is 6.35. The van der Waals surface area contributed by atoms with E-state index < -0.39 is 11.8 Å². The Bertz CT molecular complexity index is 1370. The Balaban J connectivity index is 1.48. The molecule has 0 radical (unpaired) electrons. The van der Waals surface area contributed by atoms with Crippen molar-refractivity contribution in [1.29, 1.82) is 0 Å². The van der Waals surface area contributed by atoms with Crippen LogP contribution in [0.3, 0.4) is 0 Å². The van der Waals surface area contributed by atoms with E-state index in [4.69, 9.17) is 21.4 Å². The number of fused-ring (bicyclic) bond motifs is 1. The van der Waals surface area contributed by atoms with Gasteiger partial charge in [0.1, 0.15) is 17.3 Å². The molecule has 1 aromatic heterocycles. The van der Waals surface area contributed by atoms with Gasteiger partial charge in [-0.15, -0.1) is 11.3 Å². The molecule has 8 heteroatoms. The van der Waals surface area contributed by atoms with Gasteiger partial charge in [0.15, 0.2) is 0 Å². The molecule has 0 saturated heterocycles. The molecule has 168 valence electrons. The summed E-state index contributed by atoms with van der Waals surface area (Å²) in [4.78, 5) is 24.3. The molecule has 33 heavy (non-hydrogen) atoms. The summed E-state index contributed by atoms with van der Waals surface area (Å²) in [6.07, 6.45) is -0.138. The minimum Gasteiger partial charge on any atom is -0.481 e. The lowest BCUT2D eigenvalue weighted by molar-refractivity contribution is -0.136. The highest BCUT2D eigenvalue weighted by molar-refractivity contribution is 7.21. The fourth-order valence-electron chi connectivity index (χ4n) is 3.48. The molecule has 0 bridgehead atoms. The number of carbonyl (C=O) groups is 2. The van der Waals surface area contributed by atoms with Crippen LogP contribution in [0.25, 0.3) is 10.1 Å². The number of thiophene rings is 1. The number of aliphatic carboxylic acids is 1. The van der Waals surface area contributed by atoms with E-state index in [0.29, 0.717) is 26.8 Å². The number of aryl methyl sites for hydroxylation is 1. The molecule has 0 saturated carbocycles. The number of carboxylic acids is 1. The van der Waals surface area contributed by atoms with Crippen molar-refractivity contribution < 1.29 is 23.8 Å². The summed E-state index contributed by atoms with van der Waals surface area (Å²) in [6.45, 7) is 1.98. The SMILES string of the molecule is Cc1c(C(=O)NCc2cc(F)cc(Oc3cccc(CC(=O)O)c3)c2)sc2ccc(Cl)cc12. The molecule has 4 rings (SSSR count). The van der Waals surface area contributed by atoms with Crippen molar-refractivity contribution >= 4 is 44.9 Å². The quantitative estimate of drug-likeness (QED) is 0.321. The largest absolute Gasteiger partial charge is 0.481 e. The second-order valence-electron chi connectivity index (χ2n) is 7.49. The lowest BCUT2D eigenvalue weighted by atomic mass is 10.1. The third kappa shape index (κ3) is 5.50. The zero-order chi connectivity index (χ0) is 23.5. The van der Waals surface area contributed by atoms with Gasteiger partial charge in [-0.1, -0.05) is 23.7 Å². The summed E-state index contributed by atoms with van der Waals surface area (Å²) >= 11 is 7.45. The maximum atomic E-state index is 14.2. The number of carbonyl (C=O) groups excluding carboxylic acids is 1. The predicted molar refractivity (Wildman–Crippen MR) is 127 cm³/mol. The van der Waals surface area contributed by atoms with Crippen LogP contribution in [0.5, 0.6) is 11.5 Å². The van der Waals surface area contributed by atoms with Crippen molar-refractivity contribution in [3.8, 4) is 11.5 Å². The van der Waals surface area contributed by atoms with Gasteiger partial charge in [-0.25, -0.2) is 4.39 Å². The Morgan fingerprint density at radius 2 is 1.85 bits per heavy atom. The van der Waals surface area contributed by atoms with Crippen LogP contribution in [0.15, 0.2) is 60.7 Å². The number of hydrogen-bond donors (Lipinski definition) is 2. The van der Waals surface area contributed by atoms with Crippen molar-refractivity contribution in [2.45, 2.75) is 19.9 Å². The summed E-state index contributed by atoms with van der Waals surface area (Å²) in [5, 5.41) is 13.3. The van der Waals surface area contributed by atoms with Gasteiger partial charge in [0.2, 0.25) is 0 Å². The van der Waals surface area contributed by atoms with Gasteiger partial charge in [0.05, 0.1) is 11.3 Å². The van der Waals surface area contributed by atoms with Crippen LogP contribution < -0.4 is 10.1 Å².